The number of phenolic OH excluding ortho intramolecular Hbond substituents is 2. The number of benzene rings is 4. The van der Waals surface area contributed by atoms with E-state index in [0.29, 0.717) is 16.9 Å². The van der Waals surface area contributed by atoms with E-state index >= 15 is 0 Å². The van der Waals surface area contributed by atoms with Gasteiger partial charge < -0.3 is 20.4 Å². The van der Waals surface area contributed by atoms with Gasteiger partial charge in [-0.15, -0.1) is 0 Å². The summed E-state index contributed by atoms with van der Waals surface area (Å²) in [6, 6.07) is 15.8. The molecule has 1 saturated heterocycles. The van der Waals surface area contributed by atoms with E-state index < -0.39 is 36.4 Å². The van der Waals surface area contributed by atoms with Crippen LogP contribution < -0.4 is 19.7 Å². The molecule has 1 fully saturated rings. The van der Waals surface area contributed by atoms with E-state index in [4.69, 9.17) is 46.4 Å². The van der Waals surface area contributed by atoms with Gasteiger partial charge in [-0.25, -0.2) is 16.8 Å². The molecule has 1 aliphatic rings. The first-order valence-corrected chi connectivity index (χ1v) is 20.9. The molecule has 5 N–H and O–H groups in total. The Bertz CT molecular complexity index is 2430. The maximum atomic E-state index is 13.0. The monoisotopic (exact) mass is 851 g/mol. The summed E-state index contributed by atoms with van der Waals surface area (Å²) in [5.41, 5.74) is 6.81. The van der Waals surface area contributed by atoms with Crippen molar-refractivity contribution in [2.45, 2.75) is 50.3 Å². The molecule has 1 aliphatic heterocycles. The fourth-order valence-corrected chi connectivity index (χ4v) is 9.74. The zero-order valence-electron chi connectivity index (χ0n) is 29.5. The van der Waals surface area contributed by atoms with Gasteiger partial charge in [0.05, 0.1) is 33.3 Å². The number of anilines is 5. The minimum atomic E-state index is -4.15. The maximum absolute atomic E-state index is 13.0. The Kier molecular flexibility index (Phi) is 12.7. The molecule has 286 valence electrons. The fourth-order valence-electron chi connectivity index (χ4n) is 5.98. The Morgan fingerprint density at radius 2 is 1.22 bits per heavy atom. The molecule has 0 spiro atoms. The largest absolute Gasteiger partial charge is 0.505 e. The molecule has 0 atom stereocenters. The van der Waals surface area contributed by atoms with Crippen molar-refractivity contribution in [3.05, 3.63) is 115 Å². The summed E-state index contributed by atoms with van der Waals surface area (Å²) in [6.45, 7) is 9.45. The number of nitrogens with zero attached hydrogens (tertiary/aromatic N) is 2. The highest BCUT2D eigenvalue weighted by Gasteiger charge is 2.25. The van der Waals surface area contributed by atoms with E-state index in [2.05, 4.69) is 24.6 Å². The van der Waals surface area contributed by atoms with Crippen molar-refractivity contribution < 1.29 is 27.0 Å². The molecule has 0 amide bonds. The zero-order chi connectivity index (χ0) is 39.5. The Morgan fingerprint density at radius 3 is 1.78 bits per heavy atom. The van der Waals surface area contributed by atoms with Crippen LogP contribution in [0.3, 0.4) is 0 Å². The molecule has 11 nitrogen and oxygen atoms in total. The third-order valence-electron chi connectivity index (χ3n) is 8.61. The fraction of sp³-hybridized carbons (Fsp3) is 0.216. The summed E-state index contributed by atoms with van der Waals surface area (Å²) < 4.78 is 56.3. The second kappa shape index (κ2) is 16.7. The quantitative estimate of drug-likeness (QED) is 0.0972. The summed E-state index contributed by atoms with van der Waals surface area (Å²) in [4.78, 5) is 5.57. The average Bonchev–Trinajstić information content (AvgIpc) is 3.65. The number of pyridine rings is 1. The predicted molar refractivity (Wildman–Crippen MR) is 219 cm³/mol. The normalized spacial score (nSPS) is 12.9. The van der Waals surface area contributed by atoms with Crippen LogP contribution in [0.1, 0.15) is 35.1 Å². The van der Waals surface area contributed by atoms with Gasteiger partial charge in [0.25, 0.3) is 20.0 Å². The van der Waals surface area contributed by atoms with Gasteiger partial charge in [-0.2, -0.15) is 0 Å². The Morgan fingerprint density at radius 1 is 0.667 bits per heavy atom. The minimum Gasteiger partial charge on any atom is -0.505 e. The number of hydrogen-bond acceptors (Lipinski definition) is 9. The first kappa shape index (κ1) is 41.1. The molecule has 2 heterocycles. The second-order valence-corrected chi connectivity index (χ2v) is 17.6. The van der Waals surface area contributed by atoms with Gasteiger partial charge in [0.15, 0.2) is 11.5 Å². The Labute approximate surface area is 335 Å². The second-order valence-electron chi connectivity index (χ2n) is 12.6. The lowest BCUT2D eigenvalue weighted by Crippen LogP contribution is -2.19. The molecule has 0 unspecified atom stereocenters. The maximum Gasteiger partial charge on any atom is 0.265 e. The van der Waals surface area contributed by atoms with E-state index in [1.807, 2.05) is 32.0 Å². The SMILES string of the molecule is Cc1cc(C)c(NS(=O)(=O)c2cc(Cl)cc(Cl)c2O)c(C)c1Nc1cccnc1.Cc1ccc(NS(=O)(=O)c2cc(Cl)cc(Cl)c2O)cc1N1CCCC1. The molecule has 6 rings (SSSR count). The summed E-state index contributed by atoms with van der Waals surface area (Å²) >= 11 is 23.5. The predicted octanol–water partition coefficient (Wildman–Crippen LogP) is 9.97. The van der Waals surface area contributed by atoms with Crippen LogP contribution in [0.15, 0.2) is 82.8 Å². The van der Waals surface area contributed by atoms with Crippen LogP contribution in [0.2, 0.25) is 20.1 Å². The van der Waals surface area contributed by atoms with Crippen LogP contribution in [0.4, 0.5) is 28.4 Å². The molecular weight excluding hydrogens is 816 g/mol. The van der Waals surface area contributed by atoms with Gasteiger partial charge in [0, 0.05) is 40.7 Å². The molecular formula is C37H37Cl4N5O6S2. The van der Waals surface area contributed by atoms with Gasteiger partial charge in [-0.1, -0.05) is 58.5 Å². The van der Waals surface area contributed by atoms with Gasteiger partial charge in [0.2, 0.25) is 0 Å². The van der Waals surface area contributed by atoms with E-state index in [-0.39, 0.29) is 25.0 Å². The van der Waals surface area contributed by atoms with Crippen LogP contribution in [0.25, 0.3) is 0 Å². The summed E-state index contributed by atoms with van der Waals surface area (Å²) in [5.74, 6) is -1.08. The lowest BCUT2D eigenvalue weighted by atomic mass is 10.0. The molecule has 1 aromatic heterocycles. The van der Waals surface area contributed by atoms with Crippen molar-refractivity contribution >= 4 is 94.9 Å². The molecule has 4 aromatic carbocycles. The molecule has 0 bridgehead atoms. The molecule has 17 heteroatoms. The Hall–Kier alpha value is -4.11. The van der Waals surface area contributed by atoms with Crippen molar-refractivity contribution in [2.24, 2.45) is 0 Å². The highest BCUT2D eigenvalue weighted by molar-refractivity contribution is 7.93. The van der Waals surface area contributed by atoms with Crippen LogP contribution in [0, 0.1) is 27.7 Å². The molecule has 5 aromatic rings. The third-order valence-corrected chi connectivity index (χ3v) is 12.4. The van der Waals surface area contributed by atoms with Crippen LogP contribution in [0.5, 0.6) is 11.5 Å². The number of phenols is 2. The highest BCUT2D eigenvalue weighted by atomic mass is 35.5. The van der Waals surface area contributed by atoms with Crippen molar-refractivity contribution in [1.29, 1.82) is 0 Å². The van der Waals surface area contributed by atoms with Crippen LogP contribution in [-0.4, -0.2) is 45.1 Å². The van der Waals surface area contributed by atoms with E-state index in [1.165, 1.54) is 18.2 Å². The average molecular weight is 854 g/mol. The number of sulfonamides is 2. The lowest BCUT2D eigenvalue weighted by molar-refractivity contribution is 0.458. The van der Waals surface area contributed by atoms with Gasteiger partial charge in [-0.3, -0.25) is 14.4 Å². The van der Waals surface area contributed by atoms with Gasteiger partial charge in [0.1, 0.15) is 9.79 Å². The highest BCUT2D eigenvalue weighted by Crippen LogP contribution is 2.39. The first-order chi connectivity index (χ1) is 25.4. The summed E-state index contributed by atoms with van der Waals surface area (Å²) in [6.07, 6.45) is 5.60. The number of aromatic nitrogens is 1. The van der Waals surface area contributed by atoms with Crippen molar-refractivity contribution in [3.8, 4) is 11.5 Å². The number of aromatic hydroxyl groups is 2. The molecule has 0 radical (unpaired) electrons. The minimum absolute atomic E-state index is 0.101. The van der Waals surface area contributed by atoms with Gasteiger partial charge in [-0.05, 0) is 111 Å². The van der Waals surface area contributed by atoms with Crippen LogP contribution >= 0.6 is 46.4 Å². The van der Waals surface area contributed by atoms with E-state index in [0.717, 1.165) is 65.8 Å². The Balaban J connectivity index is 0.000000210. The van der Waals surface area contributed by atoms with Crippen molar-refractivity contribution in [2.75, 3.05) is 32.8 Å². The van der Waals surface area contributed by atoms with E-state index in [1.54, 1.807) is 44.4 Å². The van der Waals surface area contributed by atoms with Crippen LogP contribution in [-0.2, 0) is 20.0 Å². The standard InChI is InChI=1S/C20H19Cl2N3O3S.C17H18Cl2N2O3S/c1-11-7-12(2)19(13(3)18(11)24-15-5-4-6-23-10-15)25-29(27,28)17-9-14(21)8-16(22)20(17)26;1-11-4-5-13(10-15(11)21-6-2-3-7-21)20-25(23,24)16-9-12(18)8-14(19)17(16)22/h4-10,24-26H,1-3H3;4-5,8-10,20,22H,2-3,6-7H2,1H3. The van der Waals surface area contributed by atoms with E-state index in [9.17, 15) is 27.0 Å². The smallest absolute Gasteiger partial charge is 0.265 e. The lowest BCUT2D eigenvalue weighted by Gasteiger charge is -2.21. The molecule has 54 heavy (non-hydrogen) atoms. The third kappa shape index (κ3) is 9.39. The van der Waals surface area contributed by atoms with Gasteiger partial charge >= 0.3 is 0 Å². The number of rotatable bonds is 9. The van der Waals surface area contributed by atoms with Crippen molar-refractivity contribution in [3.63, 3.8) is 0 Å². The van der Waals surface area contributed by atoms with Crippen molar-refractivity contribution in [1.82, 2.24) is 4.98 Å². The molecule has 0 aliphatic carbocycles. The number of halogens is 4. The summed E-state index contributed by atoms with van der Waals surface area (Å²) in [5, 5.41) is 23.4. The number of hydrogen-bond donors (Lipinski definition) is 5. The zero-order valence-corrected chi connectivity index (χ0v) is 34.2. The topological polar surface area (TPSA) is 161 Å². The summed E-state index contributed by atoms with van der Waals surface area (Å²) in [7, 11) is -8.18. The molecule has 0 saturated carbocycles. The first-order valence-electron chi connectivity index (χ1n) is 16.4. The number of aryl methyl sites for hydroxylation is 3. The number of nitrogens with one attached hydrogen (secondary N) is 3.